The van der Waals surface area contributed by atoms with E-state index in [0.717, 1.165) is 12.0 Å². The second-order valence-electron chi connectivity index (χ2n) is 4.55. The van der Waals surface area contributed by atoms with Gasteiger partial charge >= 0.3 is 0 Å². The van der Waals surface area contributed by atoms with E-state index in [4.69, 9.17) is 0 Å². The Kier molecular flexibility index (Phi) is 2.06. The topological polar surface area (TPSA) is 12.0 Å². The van der Waals surface area contributed by atoms with Crippen LogP contribution >= 0.6 is 0 Å². The van der Waals surface area contributed by atoms with Gasteiger partial charge in [0.1, 0.15) is 0 Å². The van der Waals surface area contributed by atoms with Gasteiger partial charge in [0.2, 0.25) is 0 Å². The van der Waals surface area contributed by atoms with Crippen LogP contribution in [0.2, 0.25) is 0 Å². The second-order valence-corrected chi connectivity index (χ2v) is 4.55. The van der Waals surface area contributed by atoms with Gasteiger partial charge in [-0.05, 0) is 49.3 Å². The maximum atomic E-state index is 3.66. The van der Waals surface area contributed by atoms with Gasteiger partial charge in [-0.3, -0.25) is 0 Å². The van der Waals surface area contributed by atoms with Crippen molar-refractivity contribution in [1.82, 2.24) is 5.32 Å². The van der Waals surface area contributed by atoms with Crippen molar-refractivity contribution in [2.45, 2.75) is 37.6 Å². The van der Waals surface area contributed by atoms with Crippen LogP contribution in [-0.4, -0.2) is 12.6 Å². The van der Waals surface area contributed by atoms with E-state index in [9.17, 15) is 0 Å². The summed E-state index contributed by atoms with van der Waals surface area (Å²) >= 11 is 0. The van der Waals surface area contributed by atoms with E-state index in [-0.39, 0.29) is 0 Å². The minimum Gasteiger partial charge on any atom is -0.313 e. The van der Waals surface area contributed by atoms with Crippen molar-refractivity contribution in [3.05, 3.63) is 35.4 Å². The molecule has 1 heterocycles. The number of aryl methyl sites for hydroxylation is 1. The quantitative estimate of drug-likeness (QED) is 0.658. The molecule has 14 heavy (non-hydrogen) atoms. The van der Waals surface area contributed by atoms with Crippen LogP contribution in [0.1, 0.15) is 36.3 Å². The minimum atomic E-state index is 0.763. The van der Waals surface area contributed by atoms with Gasteiger partial charge in [0.25, 0.3) is 0 Å². The Labute approximate surface area is 85.5 Å². The zero-order valence-corrected chi connectivity index (χ0v) is 8.50. The number of rotatable bonds is 0. The Morgan fingerprint density at radius 1 is 1.14 bits per heavy atom. The van der Waals surface area contributed by atoms with Crippen molar-refractivity contribution >= 4 is 0 Å². The number of piperidine rings is 1. The van der Waals surface area contributed by atoms with Crippen molar-refractivity contribution < 1.29 is 0 Å². The summed E-state index contributed by atoms with van der Waals surface area (Å²) in [4.78, 5) is 0. The Morgan fingerprint density at radius 3 is 3.07 bits per heavy atom. The molecular formula is C13H17N. The predicted molar refractivity (Wildman–Crippen MR) is 58.5 cm³/mol. The molecule has 1 nitrogen and oxygen atoms in total. The normalized spacial score (nSPS) is 30.6. The lowest BCUT2D eigenvalue weighted by atomic mass is 9.75. The fourth-order valence-corrected chi connectivity index (χ4v) is 3.06. The molecule has 2 atom stereocenters. The predicted octanol–water partition coefficient (Wildman–Crippen LogP) is 2.47. The number of nitrogens with one attached hydrogen (secondary N) is 1. The first kappa shape index (κ1) is 8.49. The highest BCUT2D eigenvalue weighted by Gasteiger charge is 2.30. The minimum absolute atomic E-state index is 0.763. The Bertz CT molecular complexity index is 332. The molecule has 0 amide bonds. The van der Waals surface area contributed by atoms with Gasteiger partial charge in [-0.1, -0.05) is 24.3 Å². The SMILES string of the molecule is c1ccc2c(c1)CC[C@@H]1NCCCC21. The molecule has 1 aromatic carbocycles. The summed E-state index contributed by atoms with van der Waals surface area (Å²) in [6, 6.07) is 9.77. The fourth-order valence-electron chi connectivity index (χ4n) is 3.06. The third-order valence-corrected chi connectivity index (χ3v) is 3.76. The van der Waals surface area contributed by atoms with Gasteiger partial charge in [-0.25, -0.2) is 0 Å². The van der Waals surface area contributed by atoms with Crippen LogP contribution in [0.4, 0.5) is 0 Å². The summed E-state index contributed by atoms with van der Waals surface area (Å²) in [6.07, 6.45) is 5.33. The largest absolute Gasteiger partial charge is 0.313 e. The molecule has 1 saturated heterocycles. The molecule has 1 aliphatic heterocycles. The van der Waals surface area contributed by atoms with Crippen LogP contribution in [0.3, 0.4) is 0 Å². The molecule has 1 heteroatoms. The van der Waals surface area contributed by atoms with Crippen LogP contribution in [0.25, 0.3) is 0 Å². The molecule has 1 N–H and O–H groups in total. The first-order valence-electron chi connectivity index (χ1n) is 5.76. The molecule has 1 aromatic rings. The van der Waals surface area contributed by atoms with Crippen LogP contribution in [0.5, 0.6) is 0 Å². The number of hydrogen-bond donors (Lipinski definition) is 1. The van der Waals surface area contributed by atoms with Crippen molar-refractivity contribution in [3.8, 4) is 0 Å². The third kappa shape index (κ3) is 1.27. The highest BCUT2D eigenvalue weighted by Crippen LogP contribution is 2.36. The summed E-state index contributed by atoms with van der Waals surface area (Å²) < 4.78 is 0. The first-order valence-corrected chi connectivity index (χ1v) is 5.76. The zero-order chi connectivity index (χ0) is 9.38. The smallest absolute Gasteiger partial charge is 0.0139 e. The summed E-state index contributed by atoms with van der Waals surface area (Å²) in [7, 11) is 0. The van der Waals surface area contributed by atoms with Gasteiger partial charge in [0, 0.05) is 6.04 Å². The fraction of sp³-hybridized carbons (Fsp3) is 0.538. The summed E-state index contributed by atoms with van der Waals surface area (Å²) in [5, 5.41) is 3.66. The van der Waals surface area contributed by atoms with E-state index in [1.165, 1.54) is 32.2 Å². The van der Waals surface area contributed by atoms with E-state index in [0.29, 0.717) is 0 Å². The molecule has 0 spiro atoms. The number of fused-ring (bicyclic) bond motifs is 3. The average molecular weight is 187 g/mol. The zero-order valence-electron chi connectivity index (χ0n) is 8.50. The molecule has 1 fully saturated rings. The molecule has 74 valence electrons. The molecule has 1 aliphatic carbocycles. The van der Waals surface area contributed by atoms with Crippen molar-refractivity contribution in [2.24, 2.45) is 0 Å². The maximum absolute atomic E-state index is 3.66. The molecule has 3 rings (SSSR count). The molecule has 2 aliphatic rings. The lowest BCUT2D eigenvalue weighted by molar-refractivity contribution is 0.319. The van der Waals surface area contributed by atoms with Gasteiger partial charge in [0.15, 0.2) is 0 Å². The summed E-state index contributed by atoms with van der Waals surface area (Å²) in [5.74, 6) is 0.800. The van der Waals surface area contributed by atoms with E-state index in [1.54, 1.807) is 11.1 Å². The lowest BCUT2D eigenvalue weighted by Crippen LogP contribution is -2.42. The van der Waals surface area contributed by atoms with Crippen molar-refractivity contribution in [1.29, 1.82) is 0 Å². The van der Waals surface area contributed by atoms with Gasteiger partial charge < -0.3 is 5.32 Å². The molecule has 0 saturated carbocycles. The summed E-state index contributed by atoms with van der Waals surface area (Å²) in [5.41, 5.74) is 3.22. The Balaban J connectivity index is 1.99. The van der Waals surface area contributed by atoms with Gasteiger partial charge in [-0.15, -0.1) is 0 Å². The highest BCUT2D eigenvalue weighted by molar-refractivity contribution is 5.34. The van der Waals surface area contributed by atoms with E-state index < -0.39 is 0 Å². The Hall–Kier alpha value is -0.820. The summed E-state index contributed by atoms with van der Waals surface area (Å²) in [6.45, 7) is 1.23. The third-order valence-electron chi connectivity index (χ3n) is 3.76. The molecule has 0 radical (unpaired) electrons. The molecule has 0 bridgehead atoms. The van der Waals surface area contributed by atoms with E-state index in [2.05, 4.69) is 29.6 Å². The standard InChI is InChI=1S/C13H17N/c1-2-5-11-10(4-1)7-8-13-12(11)6-3-9-14-13/h1-2,4-5,12-14H,3,6-9H2/t12?,13-/m0/s1. The van der Waals surface area contributed by atoms with E-state index >= 15 is 0 Å². The van der Waals surface area contributed by atoms with E-state index in [1.807, 2.05) is 0 Å². The van der Waals surface area contributed by atoms with Crippen molar-refractivity contribution in [3.63, 3.8) is 0 Å². The number of benzene rings is 1. The van der Waals surface area contributed by atoms with Crippen LogP contribution < -0.4 is 5.32 Å². The highest BCUT2D eigenvalue weighted by atomic mass is 14.9. The number of hydrogen-bond acceptors (Lipinski definition) is 1. The molecule has 0 aromatic heterocycles. The van der Waals surface area contributed by atoms with Gasteiger partial charge in [0.05, 0.1) is 0 Å². The van der Waals surface area contributed by atoms with Crippen LogP contribution in [-0.2, 0) is 6.42 Å². The molecule has 1 unspecified atom stereocenters. The van der Waals surface area contributed by atoms with Crippen LogP contribution in [0.15, 0.2) is 24.3 Å². The van der Waals surface area contributed by atoms with Crippen molar-refractivity contribution in [2.75, 3.05) is 6.54 Å². The average Bonchev–Trinajstić information content (AvgIpc) is 2.29. The maximum Gasteiger partial charge on any atom is 0.0139 e. The Morgan fingerprint density at radius 2 is 2.07 bits per heavy atom. The van der Waals surface area contributed by atoms with Gasteiger partial charge in [-0.2, -0.15) is 0 Å². The second kappa shape index (κ2) is 3.39. The van der Waals surface area contributed by atoms with Crippen LogP contribution in [0, 0.1) is 0 Å². The first-order chi connectivity index (χ1) is 6.95. The lowest BCUT2D eigenvalue weighted by Gasteiger charge is -2.37. The monoisotopic (exact) mass is 187 g/mol. The molecular weight excluding hydrogens is 170 g/mol.